The highest BCUT2D eigenvalue weighted by atomic mass is 16.1. The largest absolute Gasteiger partial charge is 0.300 e. The molecule has 0 N–H and O–H groups in total. The van der Waals surface area contributed by atoms with E-state index in [9.17, 15) is 4.79 Å². The van der Waals surface area contributed by atoms with E-state index in [1.54, 1.807) is 6.92 Å². The Morgan fingerprint density at radius 2 is 2.00 bits per heavy atom. The molecule has 1 nitrogen and oxygen atoms in total. The van der Waals surface area contributed by atoms with E-state index in [1.165, 1.54) is 5.57 Å². The van der Waals surface area contributed by atoms with Crippen LogP contribution in [0.1, 0.15) is 33.6 Å². The third-order valence-electron chi connectivity index (χ3n) is 1.08. The summed E-state index contributed by atoms with van der Waals surface area (Å²) in [4.78, 5) is 10.5. The molecule has 0 aromatic rings. The molecule has 0 aromatic heterocycles. The number of hydrogen-bond donors (Lipinski definition) is 0. The van der Waals surface area contributed by atoms with Crippen LogP contribution in [0.15, 0.2) is 11.6 Å². The lowest BCUT2D eigenvalue weighted by atomic mass is 10.1. The molecule has 0 aliphatic carbocycles. The Kier molecular flexibility index (Phi) is 4.02. The molecular weight excluding hydrogens is 112 g/mol. The van der Waals surface area contributed by atoms with Crippen LogP contribution in [0.2, 0.25) is 0 Å². The van der Waals surface area contributed by atoms with Crippen molar-refractivity contribution >= 4 is 5.78 Å². The minimum absolute atomic E-state index is 0.247. The number of ketones is 1. The van der Waals surface area contributed by atoms with Crippen LogP contribution in [0.5, 0.6) is 0 Å². The zero-order valence-corrected chi connectivity index (χ0v) is 6.40. The molecule has 9 heavy (non-hydrogen) atoms. The molecule has 0 aliphatic rings. The van der Waals surface area contributed by atoms with Gasteiger partial charge in [-0.2, -0.15) is 0 Å². The normalized spacial score (nSPS) is 11.7. The first kappa shape index (κ1) is 8.41. The molecule has 0 rings (SSSR count). The Hall–Kier alpha value is -0.590. The molecule has 0 unspecified atom stereocenters. The molecule has 0 bridgehead atoms. The summed E-state index contributed by atoms with van der Waals surface area (Å²) in [5.41, 5.74) is 1.19. The van der Waals surface area contributed by atoms with Crippen LogP contribution in [0.3, 0.4) is 0 Å². The molecule has 0 atom stereocenters. The van der Waals surface area contributed by atoms with E-state index >= 15 is 0 Å². The standard InChI is InChI=1S/C8H14O/c1-4-5-7(2)6-8(3)9/h5H,4,6H2,1-3H3/b7-5-. The van der Waals surface area contributed by atoms with E-state index in [-0.39, 0.29) is 5.78 Å². The molecule has 52 valence electrons. The smallest absolute Gasteiger partial charge is 0.133 e. The molecule has 0 amide bonds. The van der Waals surface area contributed by atoms with E-state index in [2.05, 4.69) is 13.0 Å². The molecule has 1 heteroatoms. The molecule has 0 heterocycles. The summed E-state index contributed by atoms with van der Waals surface area (Å²) in [5, 5.41) is 0. The van der Waals surface area contributed by atoms with Gasteiger partial charge >= 0.3 is 0 Å². The molecular formula is C8H14O. The van der Waals surface area contributed by atoms with Crippen LogP contribution >= 0.6 is 0 Å². The maximum atomic E-state index is 10.5. The summed E-state index contributed by atoms with van der Waals surface area (Å²) >= 11 is 0. The van der Waals surface area contributed by atoms with E-state index in [0.717, 1.165) is 6.42 Å². The van der Waals surface area contributed by atoms with Gasteiger partial charge < -0.3 is 0 Å². The van der Waals surface area contributed by atoms with Crippen LogP contribution in [0.4, 0.5) is 0 Å². The average Bonchev–Trinajstić information content (AvgIpc) is 1.63. The van der Waals surface area contributed by atoms with Crippen LogP contribution < -0.4 is 0 Å². The molecule has 0 fully saturated rings. The predicted molar refractivity (Wildman–Crippen MR) is 39.3 cm³/mol. The summed E-state index contributed by atoms with van der Waals surface area (Å²) in [6, 6.07) is 0. The maximum absolute atomic E-state index is 10.5. The first-order valence-corrected chi connectivity index (χ1v) is 3.32. The quantitative estimate of drug-likeness (QED) is 0.530. The highest BCUT2D eigenvalue weighted by molar-refractivity contribution is 5.77. The van der Waals surface area contributed by atoms with Crippen molar-refractivity contribution in [2.45, 2.75) is 33.6 Å². The van der Waals surface area contributed by atoms with Gasteiger partial charge in [0.1, 0.15) is 5.78 Å². The number of hydrogen-bond acceptors (Lipinski definition) is 1. The fourth-order valence-corrected chi connectivity index (χ4v) is 0.813. The van der Waals surface area contributed by atoms with Gasteiger partial charge in [-0.1, -0.05) is 18.6 Å². The van der Waals surface area contributed by atoms with Gasteiger partial charge in [0.2, 0.25) is 0 Å². The number of allylic oxidation sites excluding steroid dienone is 2. The predicted octanol–water partition coefficient (Wildman–Crippen LogP) is 2.32. The van der Waals surface area contributed by atoms with Crippen molar-refractivity contribution in [1.82, 2.24) is 0 Å². The lowest BCUT2D eigenvalue weighted by molar-refractivity contribution is -0.116. The first-order chi connectivity index (χ1) is 4.16. The van der Waals surface area contributed by atoms with Crippen LogP contribution in [0.25, 0.3) is 0 Å². The number of Topliss-reactive ketones (excluding diaryl/α,β-unsaturated/α-hetero) is 1. The summed E-state index contributed by atoms with van der Waals surface area (Å²) in [6.45, 7) is 5.68. The number of carbonyl (C=O) groups excluding carboxylic acids is 1. The Labute approximate surface area is 56.8 Å². The van der Waals surface area contributed by atoms with E-state index in [0.29, 0.717) is 6.42 Å². The zero-order valence-electron chi connectivity index (χ0n) is 6.40. The minimum atomic E-state index is 0.247. The molecule has 0 radical (unpaired) electrons. The van der Waals surface area contributed by atoms with Crippen LogP contribution in [-0.4, -0.2) is 5.78 Å². The van der Waals surface area contributed by atoms with Gasteiger partial charge in [-0.25, -0.2) is 0 Å². The van der Waals surface area contributed by atoms with Crippen molar-refractivity contribution in [2.24, 2.45) is 0 Å². The van der Waals surface area contributed by atoms with Crippen molar-refractivity contribution < 1.29 is 4.79 Å². The Morgan fingerprint density at radius 1 is 1.44 bits per heavy atom. The highest BCUT2D eigenvalue weighted by Gasteiger charge is 1.92. The third-order valence-corrected chi connectivity index (χ3v) is 1.08. The third kappa shape index (κ3) is 5.28. The molecule has 0 aliphatic heterocycles. The van der Waals surface area contributed by atoms with Crippen molar-refractivity contribution in [3.8, 4) is 0 Å². The second kappa shape index (κ2) is 4.30. The Balaban J connectivity index is 3.62. The summed E-state index contributed by atoms with van der Waals surface area (Å²) in [6.07, 6.45) is 3.73. The fraction of sp³-hybridized carbons (Fsp3) is 0.625. The molecule has 0 saturated heterocycles. The zero-order chi connectivity index (χ0) is 7.28. The molecule has 0 aromatic carbocycles. The van der Waals surface area contributed by atoms with E-state index in [4.69, 9.17) is 0 Å². The van der Waals surface area contributed by atoms with Gasteiger partial charge in [0.15, 0.2) is 0 Å². The lowest BCUT2D eigenvalue weighted by Gasteiger charge is -1.93. The van der Waals surface area contributed by atoms with Crippen LogP contribution in [-0.2, 0) is 4.79 Å². The van der Waals surface area contributed by atoms with Crippen molar-refractivity contribution in [3.63, 3.8) is 0 Å². The van der Waals surface area contributed by atoms with Crippen molar-refractivity contribution in [3.05, 3.63) is 11.6 Å². The minimum Gasteiger partial charge on any atom is -0.300 e. The van der Waals surface area contributed by atoms with Gasteiger partial charge in [-0.3, -0.25) is 4.79 Å². The molecule has 0 saturated carbocycles. The highest BCUT2D eigenvalue weighted by Crippen LogP contribution is 2.00. The van der Waals surface area contributed by atoms with E-state index < -0.39 is 0 Å². The van der Waals surface area contributed by atoms with Gasteiger partial charge in [0.05, 0.1) is 0 Å². The topological polar surface area (TPSA) is 17.1 Å². The second-order valence-corrected chi connectivity index (χ2v) is 2.34. The van der Waals surface area contributed by atoms with Gasteiger partial charge in [0.25, 0.3) is 0 Å². The van der Waals surface area contributed by atoms with Crippen molar-refractivity contribution in [1.29, 1.82) is 0 Å². The number of carbonyl (C=O) groups is 1. The SMILES string of the molecule is CC/C=C(/C)CC(C)=O. The summed E-state index contributed by atoms with van der Waals surface area (Å²) in [7, 11) is 0. The Morgan fingerprint density at radius 3 is 2.33 bits per heavy atom. The summed E-state index contributed by atoms with van der Waals surface area (Å²) < 4.78 is 0. The summed E-state index contributed by atoms with van der Waals surface area (Å²) in [5.74, 6) is 0.247. The fourth-order valence-electron chi connectivity index (χ4n) is 0.813. The van der Waals surface area contributed by atoms with Gasteiger partial charge in [0, 0.05) is 6.42 Å². The molecule has 0 spiro atoms. The Bertz CT molecular complexity index is 123. The van der Waals surface area contributed by atoms with Crippen molar-refractivity contribution in [2.75, 3.05) is 0 Å². The monoisotopic (exact) mass is 126 g/mol. The van der Waals surface area contributed by atoms with Gasteiger partial charge in [-0.15, -0.1) is 0 Å². The number of rotatable bonds is 3. The first-order valence-electron chi connectivity index (χ1n) is 3.32. The second-order valence-electron chi connectivity index (χ2n) is 2.34. The van der Waals surface area contributed by atoms with Gasteiger partial charge in [-0.05, 0) is 20.3 Å². The lowest BCUT2D eigenvalue weighted by Crippen LogP contribution is -1.89. The average molecular weight is 126 g/mol. The van der Waals surface area contributed by atoms with Crippen LogP contribution in [0, 0.1) is 0 Å². The van der Waals surface area contributed by atoms with E-state index in [1.807, 2.05) is 6.92 Å². The maximum Gasteiger partial charge on any atom is 0.133 e.